The molecule has 1 heteroatoms. The molecule has 0 aliphatic heterocycles. The van der Waals surface area contributed by atoms with E-state index in [-0.39, 0.29) is 0 Å². The van der Waals surface area contributed by atoms with Crippen LogP contribution in [0.25, 0.3) is 10.8 Å². The van der Waals surface area contributed by atoms with Gasteiger partial charge >= 0.3 is 0 Å². The molecule has 1 unspecified atom stereocenters. The van der Waals surface area contributed by atoms with Gasteiger partial charge in [0.25, 0.3) is 0 Å². The molecule has 0 nitrogen and oxygen atoms in total. The molecule has 0 saturated heterocycles. The molecule has 1 aliphatic carbocycles. The highest BCUT2D eigenvalue weighted by atomic mass is 79.9. The summed E-state index contributed by atoms with van der Waals surface area (Å²) in [5.74, 6) is 0.977. The van der Waals surface area contributed by atoms with Crippen molar-refractivity contribution in [2.45, 2.75) is 50.3 Å². The van der Waals surface area contributed by atoms with Crippen LogP contribution >= 0.6 is 15.9 Å². The van der Waals surface area contributed by atoms with Gasteiger partial charge in [0, 0.05) is 4.83 Å². The van der Waals surface area contributed by atoms with Crippen molar-refractivity contribution in [1.29, 1.82) is 0 Å². The van der Waals surface area contributed by atoms with Crippen LogP contribution in [-0.2, 0) is 0 Å². The minimum atomic E-state index is 0.495. The van der Waals surface area contributed by atoms with E-state index in [1.54, 1.807) is 0 Å². The number of fused-ring (bicyclic) bond motifs is 1. The molecule has 3 rings (SSSR count). The number of alkyl halides is 1. The van der Waals surface area contributed by atoms with Crippen LogP contribution in [0.1, 0.15) is 54.5 Å². The zero-order chi connectivity index (χ0) is 13.9. The van der Waals surface area contributed by atoms with Crippen molar-refractivity contribution in [3.8, 4) is 0 Å². The lowest BCUT2D eigenvalue weighted by molar-refractivity contribution is 0.483. The van der Waals surface area contributed by atoms with Gasteiger partial charge in [0.1, 0.15) is 0 Å². The third-order valence-corrected chi connectivity index (χ3v) is 5.72. The van der Waals surface area contributed by atoms with E-state index in [1.165, 1.54) is 60.4 Å². The second-order valence-corrected chi connectivity index (χ2v) is 7.32. The number of rotatable bonds is 4. The molecular weight excluding hydrogens is 308 g/mol. The first kappa shape index (κ1) is 14.1. The third-order valence-electron chi connectivity index (χ3n) is 4.81. The van der Waals surface area contributed by atoms with E-state index in [0.717, 1.165) is 5.92 Å². The third kappa shape index (κ3) is 2.93. The molecule has 1 fully saturated rings. The Kier molecular flexibility index (Phi) is 4.45. The molecule has 0 amide bonds. The van der Waals surface area contributed by atoms with Gasteiger partial charge in [-0.05, 0) is 47.6 Å². The van der Waals surface area contributed by atoms with E-state index in [4.69, 9.17) is 0 Å². The van der Waals surface area contributed by atoms with Gasteiger partial charge < -0.3 is 0 Å². The summed E-state index contributed by atoms with van der Waals surface area (Å²) in [6.07, 6.45) is 8.44. The first-order valence-electron chi connectivity index (χ1n) is 7.88. The van der Waals surface area contributed by atoms with Crippen LogP contribution in [0.3, 0.4) is 0 Å². The van der Waals surface area contributed by atoms with Crippen molar-refractivity contribution in [2.75, 3.05) is 0 Å². The molecule has 1 aliphatic rings. The molecule has 1 saturated carbocycles. The van der Waals surface area contributed by atoms with E-state index in [0.29, 0.717) is 4.83 Å². The Labute approximate surface area is 130 Å². The van der Waals surface area contributed by atoms with Gasteiger partial charge in [0.15, 0.2) is 0 Å². The summed E-state index contributed by atoms with van der Waals surface area (Å²) in [7, 11) is 0. The Hall–Kier alpha value is -0.820. The molecule has 0 N–H and O–H groups in total. The van der Waals surface area contributed by atoms with Gasteiger partial charge in [-0.25, -0.2) is 0 Å². The van der Waals surface area contributed by atoms with Crippen molar-refractivity contribution in [2.24, 2.45) is 5.92 Å². The SMILES string of the molecule is Cc1ccc2ccccc2c1C(Br)CCC1CCCC1. The summed E-state index contributed by atoms with van der Waals surface area (Å²) in [4.78, 5) is 0.495. The fourth-order valence-electron chi connectivity index (χ4n) is 3.65. The normalized spacial score (nSPS) is 17.7. The topological polar surface area (TPSA) is 0 Å². The zero-order valence-electron chi connectivity index (χ0n) is 12.2. The van der Waals surface area contributed by atoms with Gasteiger partial charge in [0.05, 0.1) is 0 Å². The Bertz CT molecular complexity index is 581. The maximum atomic E-state index is 3.97. The van der Waals surface area contributed by atoms with E-state index in [1.807, 2.05) is 0 Å². The number of aryl methyl sites for hydroxylation is 1. The van der Waals surface area contributed by atoms with Crippen LogP contribution in [0.2, 0.25) is 0 Å². The molecule has 0 aromatic heterocycles. The molecule has 2 aromatic rings. The smallest absolute Gasteiger partial charge is 0.0404 e. The highest BCUT2D eigenvalue weighted by Gasteiger charge is 2.19. The van der Waals surface area contributed by atoms with E-state index < -0.39 is 0 Å². The second kappa shape index (κ2) is 6.30. The van der Waals surface area contributed by atoms with Crippen molar-refractivity contribution >= 4 is 26.7 Å². The Morgan fingerprint density at radius 1 is 1.10 bits per heavy atom. The molecule has 0 heterocycles. The highest BCUT2D eigenvalue weighted by molar-refractivity contribution is 9.09. The number of hydrogen-bond donors (Lipinski definition) is 0. The van der Waals surface area contributed by atoms with Crippen LogP contribution in [0.5, 0.6) is 0 Å². The summed E-state index contributed by atoms with van der Waals surface area (Å²) in [5.41, 5.74) is 2.91. The minimum absolute atomic E-state index is 0.495. The van der Waals surface area contributed by atoms with Crippen LogP contribution in [0.15, 0.2) is 36.4 Å². The van der Waals surface area contributed by atoms with Crippen molar-refractivity contribution < 1.29 is 0 Å². The molecule has 0 radical (unpaired) electrons. The standard InChI is InChI=1S/C19H23Br/c1-14-10-12-16-8-4-5-9-17(16)19(14)18(20)13-11-15-6-2-3-7-15/h4-5,8-10,12,15,18H,2-3,6-7,11,13H2,1H3. The average Bonchev–Trinajstić information content (AvgIpc) is 2.98. The van der Waals surface area contributed by atoms with Crippen LogP contribution in [0.4, 0.5) is 0 Å². The van der Waals surface area contributed by atoms with Crippen LogP contribution in [0, 0.1) is 12.8 Å². The van der Waals surface area contributed by atoms with Crippen molar-refractivity contribution in [3.63, 3.8) is 0 Å². The molecule has 0 bridgehead atoms. The quantitative estimate of drug-likeness (QED) is 0.557. The predicted molar refractivity (Wildman–Crippen MR) is 91.5 cm³/mol. The lowest BCUT2D eigenvalue weighted by Crippen LogP contribution is -2.00. The summed E-state index contributed by atoms with van der Waals surface area (Å²) < 4.78 is 0. The molecule has 106 valence electrons. The fraction of sp³-hybridized carbons (Fsp3) is 0.474. The monoisotopic (exact) mass is 330 g/mol. The Balaban J connectivity index is 1.82. The summed E-state index contributed by atoms with van der Waals surface area (Å²) in [5, 5.41) is 2.78. The van der Waals surface area contributed by atoms with Crippen molar-refractivity contribution in [3.05, 3.63) is 47.5 Å². The Morgan fingerprint density at radius 3 is 2.65 bits per heavy atom. The average molecular weight is 331 g/mol. The molecule has 1 atom stereocenters. The molecule has 20 heavy (non-hydrogen) atoms. The number of benzene rings is 2. The van der Waals surface area contributed by atoms with Gasteiger partial charge in [-0.2, -0.15) is 0 Å². The zero-order valence-corrected chi connectivity index (χ0v) is 13.8. The molecular formula is C19H23Br. The maximum absolute atomic E-state index is 3.97. The van der Waals surface area contributed by atoms with E-state index in [2.05, 4.69) is 59.3 Å². The molecule has 0 spiro atoms. The molecule has 2 aromatic carbocycles. The lowest BCUT2D eigenvalue weighted by Gasteiger charge is -2.18. The minimum Gasteiger partial charge on any atom is -0.0838 e. The highest BCUT2D eigenvalue weighted by Crippen LogP contribution is 2.38. The maximum Gasteiger partial charge on any atom is 0.0404 e. The van der Waals surface area contributed by atoms with E-state index in [9.17, 15) is 0 Å². The van der Waals surface area contributed by atoms with Crippen molar-refractivity contribution in [1.82, 2.24) is 0 Å². The van der Waals surface area contributed by atoms with Gasteiger partial charge in [-0.1, -0.05) is 78.0 Å². The first-order valence-corrected chi connectivity index (χ1v) is 8.79. The lowest BCUT2D eigenvalue weighted by atomic mass is 9.93. The summed E-state index contributed by atoms with van der Waals surface area (Å²) >= 11 is 3.97. The summed E-state index contributed by atoms with van der Waals surface area (Å²) in [6, 6.07) is 13.3. The number of hydrogen-bond acceptors (Lipinski definition) is 0. The van der Waals surface area contributed by atoms with Gasteiger partial charge in [-0.3, -0.25) is 0 Å². The van der Waals surface area contributed by atoms with Gasteiger partial charge in [-0.15, -0.1) is 0 Å². The van der Waals surface area contributed by atoms with Crippen LogP contribution < -0.4 is 0 Å². The summed E-state index contributed by atoms with van der Waals surface area (Å²) in [6.45, 7) is 2.24. The number of halogens is 1. The fourth-order valence-corrected chi connectivity index (χ4v) is 4.52. The van der Waals surface area contributed by atoms with Crippen LogP contribution in [-0.4, -0.2) is 0 Å². The largest absolute Gasteiger partial charge is 0.0838 e. The first-order chi connectivity index (χ1) is 9.75. The van der Waals surface area contributed by atoms with Gasteiger partial charge in [0.2, 0.25) is 0 Å². The Morgan fingerprint density at radius 2 is 1.85 bits per heavy atom. The predicted octanol–water partition coefficient (Wildman–Crippen LogP) is 6.55. The van der Waals surface area contributed by atoms with E-state index >= 15 is 0 Å². The second-order valence-electron chi connectivity index (χ2n) is 6.21.